The van der Waals surface area contributed by atoms with Crippen LogP contribution < -0.4 is 10.5 Å². The summed E-state index contributed by atoms with van der Waals surface area (Å²) < 4.78 is 0. The van der Waals surface area contributed by atoms with Crippen LogP contribution in [0.4, 0.5) is 5.69 Å². The molecule has 1 radical (unpaired) electrons. The van der Waals surface area contributed by atoms with Gasteiger partial charge in [-0.3, -0.25) is 0 Å². The molecule has 1 aromatic carbocycles. The highest BCUT2D eigenvalue weighted by Gasteiger charge is 2.05. The van der Waals surface area contributed by atoms with Crippen LogP contribution in [0.1, 0.15) is 26.2 Å². The van der Waals surface area contributed by atoms with Gasteiger partial charge in [0.1, 0.15) is 0 Å². The van der Waals surface area contributed by atoms with E-state index in [0.29, 0.717) is 9.13 Å². The average Bonchev–Trinajstić information content (AvgIpc) is 2.28. The number of anilines is 1. The number of hydrogen-bond donors (Lipinski definition) is 3. The fraction of sp³-hybridized carbons (Fsp3) is 0.417. The third kappa shape index (κ3) is 3.38. The van der Waals surface area contributed by atoms with Gasteiger partial charge >= 0.3 is 0 Å². The highest BCUT2D eigenvalue weighted by atomic mass is 28.2. The van der Waals surface area contributed by atoms with Gasteiger partial charge in [0, 0.05) is 18.3 Å². The highest BCUT2D eigenvalue weighted by Crippen LogP contribution is 2.25. The van der Waals surface area contributed by atoms with Crippen LogP contribution in [0.25, 0.3) is 0 Å². The Labute approximate surface area is 98.6 Å². The Morgan fingerprint density at radius 1 is 1.25 bits per heavy atom. The predicted octanol–water partition coefficient (Wildman–Crippen LogP) is 1.46. The van der Waals surface area contributed by atoms with Crippen LogP contribution in [0.15, 0.2) is 12.1 Å². The van der Waals surface area contributed by atoms with Crippen molar-refractivity contribution < 1.29 is 10.2 Å². The van der Waals surface area contributed by atoms with Crippen LogP contribution in [0.2, 0.25) is 0 Å². The van der Waals surface area contributed by atoms with Crippen molar-refractivity contribution in [3.63, 3.8) is 0 Å². The van der Waals surface area contributed by atoms with Crippen molar-refractivity contribution in [2.75, 3.05) is 11.9 Å². The van der Waals surface area contributed by atoms with Gasteiger partial charge in [-0.25, -0.2) is 0 Å². The number of nitrogens with one attached hydrogen (secondary N) is 1. The number of unbranched alkanes of at least 4 members (excludes halogenated alkanes) is 2. The van der Waals surface area contributed by atoms with Gasteiger partial charge in [-0.2, -0.15) is 0 Å². The summed E-state index contributed by atoms with van der Waals surface area (Å²) in [7, 11) is 0.350. The van der Waals surface area contributed by atoms with Gasteiger partial charge in [-0.05, 0) is 17.7 Å². The first-order valence-corrected chi connectivity index (χ1v) is 6.72. The summed E-state index contributed by atoms with van der Waals surface area (Å²) in [4.78, 5) is 0. The van der Waals surface area contributed by atoms with Crippen molar-refractivity contribution in [3.8, 4) is 11.5 Å². The molecule has 1 aromatic rings. The van der Waals surface area contributed by atoms with E-state index in [9.17, 15) is 10.2 Å². The Hall–Kier alpha value is -1.29. The molecule has 0 aromatic heterocycles. The molecule has 0 unspecified atom stereocenters. The van der Waals surface area contributed by atoms with Crippen molar-refractivity contribution in [1.29, 1.82) is 0 Å². The summed E-state index contributed by atoms with van der Waals surface area (Å²) >= 11 is 0. The van der Waals surface area contributed by atoms with Crippen LogP contribution in [-0.2, 0) is 0 Å². The monoisotopic (exact) mass is 236 g/mol. The van der Waals surface area contributed by atoms with E-state index in [1.165, 1.54) is 12.8 Å². The van der Waals surface area contributed by atoms with Crippen molar-refractivity contribution in [2.45, 2.75) is 26.2 Å². The Balaban J connectivity index is 2.70. The summed E-state index contributed by atoms with van der Waals surface area (Å²) in [6.45, 7) is 3.05. The lowest BCUT2D eigenvalue weighted by molar-refractivity contribution is 0.404. The lowest BCUT2D eigenvalue weighted by Crippen LogP contribution is -2.15. The Kier molecular flexibility index (Phi) is 5.05. The SMILES string of the molecule is C=[Si]c1cc(O)c(O)cc1NCCCCC. The third-order valence-corrected chi connectivity index (χ3v) is 3.20. The van der Waals surface area contributed by atoms with Crippen LogP contribution in [0.3, 0.4) is 0 Å². The molecule has 0 aliphatic heterocycles. The summed E-state index contributed by atoms with van der Waals surface area (Å²) in [5.74, 6) is -0.162. The number of phenolic OH excluding ortho intramolecular Hbond substituents is 2. The van der Waals surface area contributed by atoms with Crippen LogP contribution in [-0.4, -0.2) is 32.1 Å². The predicted molar refractivity (Wildman–Crippen MR) is 70.3 cm³/mol. The maximum atomic E-state index is 9.42. The summed E-state index contributed by atoms with van der Waals surface area (Å²) in [6, 6.07) is 3.14. The molecule has 0 aliphatic carbocycles. The molecule has 0 bridgehead atoms. The molecule has 3 nitrogen and oxygen atoms in total. The first-order chi connectivity index (χ1) is 7.69. The van der Waals surface area contributed by atoms with Crippen molar-refractivity contribution in [3.05, 3.63) is 12.1 Å². The molecule has 87 valence electrons. The summed E-state index contributed by atoms with van der Waals surface area (Å²) in [6.07, 6.45) is 7.32. The molecule has 0 spiro atoms. The maximum Gasteiger partial charge on any atom is 0.159 e. The van der Waals surface area contributed by atoms with E-state index in [1.54, 1.807) is 12.1 Å². The largest absolute Gasteiger partial charge is 0.504 e. The van der Waals surface area contributed by atoms with E-state index in [1.807, 2.05) is 0 Å². The second-order valence-electron chi connectivity index (χ2n) is 3.70. The van der Waals surface area contributed by atoms with Gasteiger partial charge in [-0.15, -0.1) is 6.17 Å². The molecular formula is C12H18NO2Si. The zero-order valence-electron chi connectivity index (χ0n) is 9.58. The molecule has 4 heteroatoms. The maximum absolute atomic E-state index is 9.42. The topological polar surface area (TPSA) is 52.5 Å². The van der Waals surface area contributed by atoms with Gasteiger partial charge in [0.15, 0.2) is 11.5 Å². The number of aromatic hydroxyl groups is 2. The molecule has 1 rings (SSSR count). The van der Waals surface area contributed by atoms with Crippen LogP contribution >= 0.6 is 0 Å². The molecule has 0 saturated carbocycles. The normalized spacial score (nSPS) is 10.1. The lowest BCUT2D eigenvalue weighted by atomic mass is 10.2. The minimum Gasteiger partial charge on any atom is -0.504 e. The smallest absolute Gasteiger partial charge is 0.159 e. The number of phenols is 2. The number of hydrogen-bond acceptors (Lipinski definition) is 3. The Morgan fingerprint density at radius 3 is 2.56 bits per heavy atom. The third-order valence-electron chi connectivity index (χ3n) is 2.40. The van der Waals surface area contributed by atoms with Crippen LogP contribution in [0.5, 0.6) is 11.5 Å². The van der Waals surface area contributed by atoms with E-state index in [0.717, 1.165) is 23.8 Å². The van der Waals surface area contributed by atoms with E-state index in [2.05, 4.69) is 18.4 Å². The zero-order valence-corrected chi connectivity index (χ0v) is 10.6. The number of benzene rings is 1. The van der Waals surface area contributed by atoms with Gasteiger partial charge in [0.05, 0.1) is 9.13 Å². The number of rotatable bonds is 6. The van der Waals surface area contributed by atoms with Gasteiger partial charge < -0.3 is 15.5 Å². The van der Waals surface area contributed by atoms with E-state index in [-0.39, 0.29) is 11.5 Å². The second-order valence-corrected chi connectivity index (χ2v) is 4.59. The quantitative estimate of drug-likeness (QED) is 0.303. The molecule has 0 fully saturated rings. The van der Waals surface area contributed by atoms with Gasteiger partial charge in [0.2, 0.25) is 0 Å². The molecule has 0 aliphatic rings. The summed E-state index contributed by atoms with van der Waals surface area (Å²) in [5.41, 5.74) is 0.875. The second kappa shape index (κ2) is 6.32. The van der Waals surface area contributed by atoms with Crippen LogP contribution in [0, 0.1) is 0 Å². The van der Waals surface area contributed by atoms with Gasteiger partial charge in [0.25, 0.3) is 0 Å². The van der Waals surface area contributed by atoms with Crippen molar-refractivity contribution in [2.24, 2.45) is 0 Å². The molecule has 0 amide bonds. The standard InChI is InChI=1S/C12H18NO2Si/c1-3-4-5-6-13-9-7-10(14)11(15)8-12(9)16-2/h7-8,13-15H,2-6H2,1H3. The minimum absolute atomic E-state index is 0.0785. The minimum atomic E-state index is -0.0833. The molecule has 0 heterocycles. The first-order valence-electron chi connectivity index (χ1n) is 5.52. The Morgan fingerprint density at radius 2 is 1.94 bits per heavy atom. The first kappa shape index (κ1) is 12.8. The van der Waals surface area contributed by atoms with E-state index >= 15 is 0 Å². The summed E-state index contributed by atoms with van der Waals surface area (Å²) in [5, 5.41) is 23.0. The fourth-order valence-corrected chi connectivity index (χ4v) is 2.06. The zero-order chi connectivity index (χ0) is 12.0. The fourth-order valence-electron chi connectivity index (χ4n) is 1.47. The molecule has 3 N–H and O–H groups in total. The van der Waals surface area contributed by atoms with E-state index < -0.39 is 0 Å². The van der Waals surface area contributed by atoms with Crippen molar-refractivity contribution >= 4 is 26.2 Å². The molecule has 16 heavy (non-hydrogen) atoms. The van der Waals surface area contributed by atoms with E-state index in [4.69, 9.17) is 0 Å². The Bertz CT molecular complexity index is 366. The highest BCUT2D eigenvalue weighted by molar-refractivity contribution is 6.58. The lowest BCUT2D eigenvalue weighted by Gasteiger charge is -2.10. The molecular weight excluding hydrogens is 218 g/mol. The molecule has 0 saturated heterocycles. The van der Waals surface area contributed by atoms with Gasteiger partial charge in [-0.1, -0.05) is 19.8 Å². The average molecular weight is 236 g/mol. The van der Waals surface area contributed by atoms with Crippen molar-refractivity contribution in [1.82, 2.24) is 0 Å². The molecule has 0 atom stereocenters.